The molecule has 7 heteroatoms. The summed E-state index contributed by atoms with van der Waals surface area (Å²) in [5, 5.41) is 0. The predicted molar refractivity (Wildman–Crippen MR) is 98.1 cm³/mol. The van der Waals surface area contributed by atoms with E-state index >= 15 is 0 Å². The van der Waals surface area contributed by atoms with Crippen LogP contribution in [-0.4, -0.2) is 33.1 Å². The average Bonchev–Trinajstić information content (AvgIpc) is 3.27. The Hall–Kier alpha value is -1.47. The molecule has 1 N–H and O–H groups in total. The van der Waals surface area contributed by atoms with Crippen LogP contribution in [0.3, 0.4) is 0 Å². The van der Waals surface area contributed by atoms with E-state index in [0.717, 1.165) is 55.8 Å². The third-order valence-corrected chi connectivity index (χ3v) is 7.20. The molecule has 0 unspecified atom stereocenters. The molecule has 0 amide bonds. The lowest BCUT2D eigenvalue weighted by Crippen LogP contribution is -2.41. The molecule has 0 saturated heterocycles. The van der Waals surface area contributed by atoms with Gasteiger partial charge >= 0.3 is 0 Å². The third kappa shape index (κ3) is 4.43. The lowest BCUT2D eigenvalue weighted by molar-refractivity contribution is 0.143. The number of ether oxygens (including phenoxy) is 3. The molecule has 0 atom stereocenters. The summed E-state index contributed by atoms with van der Waals surface area (Å²) in [4.78, 5) is 0. The van der Waals surface area contributed by atoms with Crippen molar-refractivity contribution in [1.29, 1.82) is 0 Å². The van der Waals surface area contributed by atoms with Crippen LogP contribution in [0.15, 0.2) is 18.2 Å². The van der Waals surface area contributed by atoms with Gasteiger partial charge in [0, 0.05) is 12.1 Å². The van der Waals surface area contributed by atoms with Crippen molar-refractivity contribution in [1.82, 2.24) is 4.72 Å². The summed E-state index contributed by atoms with van der Waals surface area (Å²) in [6, 6.07) is 5.65. The fourth-order valence-electron chi connectivity index (χ4n) is 4.23. The molecule has 26 heavy (non-hydrogen) atoms. The molecule has 1 aliphatic heterocycles. The Morgan fingerprint density at radius 2 is 1.73 bits per heavy atom. The summed E-state index contributed by atoms with van der Waals surface area (Å²) in [5.41, 5.74) is 0. The van der Waals surface area contributed by atoms with E-state index in [0.29, 0.717) is 11.7 Å². The predicted octanol–water partition coefficient (Wildman–Crippen LogP) is 3.21. The van der Waals surface area contributed by atoms with Crippen LogP contribution in [-0.2, 0) is 10.0 Å². The second kappa shape index (κ2) is 7.64. The Morgan fingerprint density at radius 1 is 1.00 bits per heavy atom. The Labute approximate surface area is 155 Å². The van der Waals surface area contributed by atoms with E-state index in [4.69, 9.17) is 14.2 Å². The van der Waals surface area contributed by atoms with Gasteiger partial charge in [-0.1, -0.05) is 12.8 Å². The molecule has 0 bridgehead atoms. The van der Waals surface area contributed by atoms with E-state index in [2.05, 4.69) is 4.72 Å². The Kier molecular flexibility index (Phi) is 5.27. The summed E-state index contributed by atoms with van der Waals surface area (Å²) in [7, 11) is -3.17. The highest BCUT2D eigenvalue weighted by molar-refractivity contribution is 7.89. The average molecular weight is 381 g/mol. The van der Waals surface area contributed by atoms with Crippen molar-refractivity contribution in [3.05, 3.63) is 18.2 Å². The zero-order chi connectivity index (χ0) is 18.0. The van der Waals surface area contributed by atoms with Crippen LogP contribution in [0, 0.1) is 5.92 Å². The smallest absolute Gasteiger partial charge is 0.231 e. The zero-order valence-corrected chi connectivity index (χ0v) is 15.8. The van der Waals surface area contributed by atoms with Crippen LogP contribution in [0.1, 0.15) is 51.4 Å². The number of benzene rings is 1. The molecule has 0 aromatic heterocycles. The molecule has 2 aliphatic carbocycles. The molecule has 6 nitrogen and oxygen atoms in total. The van der Waals surface area contributed by atoms with E-state index < -0.39 is 10.0 Å². The summed E-state index contributed by atoms with van der Waals surface area (Å²) < 4.78 is 44.4. The quantitative estimate of drug-likeness (QED) is 0.819. The van der Waals surface area contributed by atoms with Crippen LogP contribution < -0.4 is 18.9 Å². The molecule has 144 valence electrons. The summed E-state index contributed by atoms with van der Waals surface area (Å²) >= 11 is 0. The summed E-state index contributed by atoms with van der Waals surface area (Å²) in [6.07, 6.45) is 7.90. The van der Waals surface area contributed by atoms with Gasteiger partial charge in [0.15, 0.2) is 11.5 Å². The van der Waals surface area contributed by atoms with Crippen LogP contribution in [0.2, 0.25) is 0 Å². The van der Waals surface area contributed by atoms with E-state index in [1.165, 1.54) is 12.8 Å². The standard InChI is InChI=1S/C19H27NO5S/c21-26(22,12-14-3-1-2-4-14)20-15-5-7-16(8-6-15)25-17-9-10-18-19(11-17)24-13-23-18/h9-11,14-16,20H,1-8,12-13H2. The van der Waals surface area contributed by atoms with Crippen LogP contribution in [0.25, 0.3) is 0 Å². The van der Waals surface area contributed by atoms with Crippen molar-refractivity contribution in [3.63, 3.8) is 0 Å². The van der Waals surface area contributed by atoms with Crippen LogP contribution in [0.4, 0.5) is 0 Å². The highest BCUT2D eigenvalue weighted by atomic mass is 32.2. The maximum Gasteiger partial charge on any atom is 0.231 e. The second-order valence-corrected chi connectivity index (χ2v) is 9.45. The minimum Gasteiger partial charge on any atom is -0.490 e. The molecular formula is C19H27NO5S. The fourth-order valence-corrected chi connectivity index (χ4v) is 6.02. The van der Waals surface area contributed by atoms with Crippen molar-refractivity contribution in [2.75, 3.05) is 12.5 Å². The minimum absolute atomic E-state index is 0.0398. The number of sulfonamides is 1. The maximum atomic E-state index is 12.4. The van der Waals surface area contributed by atoms with Crippen molar-refractivity contribution in [3.8, 4) is 17.2 Å². The number of nitrogens with one attached hydrogen (secondary N) is 1. The van der Waals surface area contributed by atoms with Gasteiger partial charge in [-0.3, -0.25) is 0 Å². The maximum absolute atomic E-state index is 12.4. The molecule has 2 saturated carbocycles. The van der Waals surface area contributed by atoms with Crippen molar-refractivity contribution < 1.29 is 22.6 Å². The fraction of sp³-hybridized carbons (Fsp3) is 0.684. The SMILES string of the molecule is O=S(=O)(CC1CCCC1)NC1CCC(Oc2ccc3c(c2)OCO3)CC1. The number of fused-ring (bicyclic) bond motifs is 1. The monoisotopic (exact) mass is 381 g/mol. The zero-order valence-electron chi connectivity index (χ0n) is 15.0. The van der Waals surface area contributed by atoms with E-state index in [-0.39, 0.29) is 18.9 Å². The van der Waals surface area contributed by atoms with Gasteiger partial charge < -0.3 is 14.2 Å². The molecule has 1 heterocycles. The number of hydrogen-bond donors (Lipinski definition) is 1. The minimum atomic E-state index is -3.17. The third-order valence-electron chi connectivity index (χ3n) is 5.60. The van der Waals surface area contributed by atoms with Gasteiger partial charge in [-0.25, -0.2) is 13.1 Å². The van der Waals surface area contributed by atoms with Gasteiger partial charge in [-0.2, -0.15) is 0 Å². The van der Waals surface area contributed by atoms with Gasteiger partial charge in [0.25, 0.3) is 0 Å². The molecule has 3 aliphatic rings. The molecule has 1 aromatic rings. The largest absolute Gasteiger partial charge is 0.490 e. The van der Waals surface area contributed by atoms with Crippen molar-refractivity contribution in [2.45, 2.75) is 63.5 Å². The van der Waals surface area contributed by atoms with Gasteiger partial charge in [-0.05, 0) is 56.6 Å². The molecule has 0 spiro atoms. The van der Waals surface area contributed by atoms with Crippen molar-refractivity contribution in [2.24, 2.45) is 5.92 Å². The van der Waals surface area contributed by atoms with Gasteiger partial charge in [0.1, 0.15) is 5.75 Å². The van der Waals surface area contributed by atoms with Gasteiger partial charge in [-0.15, -0.1) is 0 Å². The summed E-state index contributed by atoms with van der Waals surface area (Å²) in [6.45, 7) is 0.255. The van der Waals surface area contributed by atoms with E-state index in [9.17, 15) is 8.42 Å². The van der Waals surface area contributed by atoms with E-state index in [1.807, 2.05) is 18.2 Å². The van der Waals surface area contributed by atoms with Crippen LogP contribution >= 0.6 is 0 Å². The Morgan fingerprint density at radius 3 is 2.50 bits per heavy atom. The first-order valence-corrected chi connectivity index (χ1v) is 11.3. The molecule has 1 aromatic carbocycles. The molecule has 4 rings (SSSR count). The molecule has 0 radical (unpaired) electrons. The Bertz CT molecular complexity index is 721. The van der Waals surface area contributed by atoms with E-state index in [1.54, 1.807) is 0 Å². The lowest BCUT2D eigenvalue weighted by atomic mass is 9.94. The Balaban J connectivity index is 1.25. The topological polar surface area (TPSA) is 73.9 Å². The molecular weight excluding hydrogens is 354 g/mol. The first-order chi connectivity index (χ1) is 12.6. The number of rotatable bonds is 6. The summed E-state index contributed by atoms with van der Waals surface area (Å²) in [5.74, 6) is 2.88. The van der Waals surface area contributed by atoms with Crippen molar-refractivity contribution >= 4 is 10.0 Å². The number of hydrogen-bond acceptors (Lipinski definition) is 5. The van der Waals surface area contributed by atoms with Crippen LogP contribution in [0.5, 0.6) is 17.2 Å². The second-order valence-electron chi connectivity index (χ2n) is 7.66. The van der Waals surface area contributed by atoms with Gasteiger partial charge in [0.05, 0.1) is 11.9 Å². The lowest BCUT2D eigenvalue weighted by Gasteiger charge is -2.29. The first kappa shape index (κ1) is 17.9. The molecule has 2 fully saturated rings. The highest BCUT2D eigenvalue weighted by Crippen LogP contribution is 2.36. The first-order valence-electron chi connectivity index (χ1n) is 9.64. The normalized spacial score (nSPS) is 26.2. The highest BCUT2D eigenvalue weighted by Gasteiger charge is 2.28. The van der Waals surface area contributed by atoms with Gasteiger partial charge in [0.2, 0.25) is 16.8 Å².